The molecule has 1 aromatic heterocycles. The van der Waals surface area contributed by atoms with Crippen LogP contribution in [0.5, 0.6) is 11.5 Å². The number of rotatable bonds is 4. The van der Waals surface area contributed by atoms with Gasteiger partial charge in [0.2, 0.25) is 0 Å². The number of benzene rings is 2. The molecule has 2 heterocycles. The maximum absolute atomic E-state index is 13.9. The van der Waals surface area contributed by atoms with E-state index in [4.69, 9.17) is 9.47 Å². The molecule has 0 radical (unpaired) electrons. The van der Waals surface area contributed by atoms with Crippen LogP contribution in [-0.2, 0) is 17.7 Å². The van der Waals surface area contributed by atoms with E-state index in [-0.39, 0.29) is 18.2 Å². The summed E-state index contributed by atoms with van der Waals surface area (Å²) in [6, 6.07) is 11.4. The molecule has 0 fully saturated rings. The second-order valence-electron chi connectivity index (χ2n) is 6.61. The molecule has 0 saturated heterocycles. The molecule has 144 valence electrons. The Kier molecular flexibility index (Phi) is 4.55. The van der Waals surface area contributed by atoms with Crippen LogP contribution in [0.25, 0.3) is 22.5 Å². The fourth-order valence-electron chi connectivity index (χ4n) is 3.77. The molecular weight excluding hydrogens is 361 g/mol. The normalized spacial score (nSPS) is 12.2. The van der Waals surface area contributed by atoms with Crippen LogP contribution in [-0.4, -0.2) is 29.4 Å². The van der Waals surface area contributed by atoms with Crippen LogP contribution < -0.4 is 4.74 Å². The van der Waals surface area contributed by atoms with E-state index in [1.807, 2.05) is 4.57 Å². The van der Waals surface area contributed by atoms with E-state index in [2.05, 4.69) is 0 Å². The van der Waals surface area contributed by atoms with Crippen LogP contribution in [0.2, 0.25) is 0 Å². The lowest BCUT2D eigenvalue weighted by molar-refractivity contribution is 0.0527. The Balaban J connectivity index is 1.97. The fourth-order valence-corrected chi connectivity index (χ4v) is 3.77. The van der Waals surface area contributed by atoms with Gasteiger partial charge in [0.25, 0.3) is 0 Å². The standard InChI is InChI=1S/C22H20FNO4/c1-3-28-22(26)17-11-18-16-12-20(27-2)19(25)10-13(16)7-8-24(18)21(17)14-5-4-6-15(23)9-14/h4-6,9-12,25H,3,7-8H2,1-2H3. The van der Waals surface area contributed by atoms with Gasteiger partial charge in [-0.3, -0.25) is 0 Å². The van der Waals surface area contributed by atoms with Crippen molar-refractivity contribution in [2.75, 3.05) is 13.7 Å². The summed E-state index contributed by atoms with van der Waals surface area (Å²) >= 11 is 0. The molecule has 0 spiro atoms. The number of carbonyl (C=O) groups excluding carboxylic acids is 1. The summed E-state index contributed by atoms with van der Waals surface area (Å²) in [5, 5.41) is 10.1. The second kappa shape index (κ2) is 7.03. The van der Waals surface area contributed by atoms with E-state index >= 15 is 0 Å². The van der Waals surface area contributed by atoms with Crippen molar-refractivity contribution in [3.63, 3.8) is 0 Å². The number of aryl methyl sites for hydroxylation is 1. The molecule has 6 heteroatoms. The van der Waals surface area contributed by atoms with E-state index in [9.17, 15) is 14.3 Å². The fraction of sp³-hybridized carbons (Fsp3) is 0.227. The Bertz CT molecular complexity index is 1070. The quantitative estimate of drug-likeness (QED) is 0.680. The molecule has 2 aromatic carbocycles. The summed E-state index contributed by atoms with van der Waals surface area (Å²) in [4.78, 5) is 12.6. The number of hydrogen-bond donors (Lipinski definition) is 1. The van der Waals surface area contributed by atoms with Gasteiger partial charge in [0.05, 0.1) is 25.0 Å². The summed E-state index contributed by atoms with van der Waals surface area (Å²) in [5.41, 5.74) is 4.27. The first-order valence-electron chi connectivity index (χ1n) is 9.10. The van der Waals surface area contributed by atoms with E-state index in [0.717, 1.165) is 16.8 Å². The first-order valence-corrected chi connectivity index (χ1v) is 9.10. The third-order valence-electron chi connectivity index (χ3n) is 4.98. The first kappa shape index (κ1) is 18.1. The highest BCUT2D eigenvalue weighted by molar-refractivity contribution is 5.99. The predicted octanol–water partition coefficient (Wildman–Crippen LogP) is 4.41. The summed E-state index contributed by atoms with van der Waals surface area (Å²) < 4.78 is 26.4. The molecule has 28 heavy (non-hydrogen) atoms. The number of fused-ring (bicyclic) bond motifs is 3. The molecule has 5 nitrogen and oxygen atoms in total. The van der Waals surface area contributed by atoms with Crippen LogP contribution >= 0.6 is 0 Å². The van der Waals surface area contributed by atoms with Gasteiger partial charge in [-0.15, -0.1) is 0 Å². The van der Waals surface area contributed by atoms with E-state index in [1.54, 1.807) is 37.3 Å². The minimum atomic E-state index is -0.448. The lowest BCUT2D eigenvalue weighted by atomic mass is 9.97. The van der Waals surface area contributed by atoms with Crippen molar-refractivity contribution in [1.82, 2.24) is 4.57 Å². The van der Waals surface area contributed by atoms with Gasteiger partial charge < -0.3 is 19.1 Å². The van der Waals surface area contributed by atoms with Crippen molar-refractivity contribution in [1.29, 1.82) is 0 Å². The molecular formula is C22H20FNO4. The van der Waals surface area contributed by atoms with Gasteiger partial charge in [-0.1, -0.05) is 12.1 Å². The van der Waals surface area contributed by atoms with Gasteiger partial charge in [-0.2, -0.15) is 0 Å². The zero-order valence-corrected chi connectivity index (χ0v) is 15.7. The zero-order valence-electron chi connectivity index (χ0n) is 15.7. The molecule has 0 atom stereocenters. The van der Waals surface area contributed by atoms with Crippen LogP contribution in [0.4, 0.5) is 4.39 Å². The number of phenols is 1. The van der Waals surface area contributed by atoms with E-state index < -0.39 is 5.97 Å². The highest BCUT2D eigenvalue weighted by atomic mass is 19.1. The highest BCUT2D eigenvalue weighted by Crippen LogP contribution is 2.42. The molecule has 4 rings (SSSR count). The largest absolute Gasteiger partial charge is 0.504 e. The number of carbonyl (C=O) groups is 1. The number of halogens is 1. The molecule has 0 bridgehead atoms. The lowest BCUT2D eigenvalue weighted by Gasteiger charge is -2.22. The summed E-state index contributed by atoms with van der Waals surface area (Å²) in [5.74, 6) is -0.378. The molecule has 1 N–H and O–H groups in total. The first-order chi connectivity index (χ1) is 13.5. The average Bonchev–Trinajstić information content (AvgIpc) is 3.07. The number of methoxy groups -OCH3 is 1. The maximum atomic E-state index is 13.9. The molecule has 3 aromatic rings. The molecule has 1 aliphatic rings. The van der Waals surface area contributed by atoms with Gasteiger partial charge in [0, 0.05) is 23.4 Å². The van der Waals surface area contributed by atoms with Gasteiger partial charge in [-0.05, 0) is 49.2 Å². The van der Waals surface area contributed by atoms with Crippen molar-refractivity contribution in [3.05, 3.63) is 59.4 Å². The average molecular weight is 381 g/mol. The number of aromatic nitrogens is 1. The molecule has 0 saturated carbocycles. The smallest absolute Gasteiger partial charge is 0.340 e. The molecule has 0 amide bonds. The third-order valence-corrected chi connectivity index (χ3v) is 4.98. The van der Waals surface area contributed by atoms with Crippen molar-refractivity contribution >= 4 is 5.97 Å². The number of phenolic OH excluding ortho intramolecular Hbond substituents is 1. The number of esters is 1. The second-order valence-corrected chi connectivity index (χ2v) is 6.61. The SMILES string of the molecule is CCOC(=O)c1cc2n(c1-c1cccc(F)c1)CCc1cc(O)c(OC)cc1-2. The van der Waals surface area contributed by atoms with Gasteiger partial charge in [0.15, 0.2) is 11.5 Å². The summed E-state index contributed by atoms with van der Waals surface area (Å²) in [6.45, 7) is 2.60. The number of nitrogens with zero attached hydrogens (tertiary/aromatic N) is 1. The minimum Gasteiger partial charge on any atom is -0.504 e. The monoisotopic (exact) mass is 381 g/mol. The highest BCUT2D eigenvalue weighted by Gasteiger charge is 2.28. The Morgan fingerprint density at radius 1 is 1.25 bits per heavy atom. The van der Waals surface area contributed by atoms with Crippen LogP contribution in [0.3, 0.4) is 0 Å². The number of ether oxygens (including phenoxy) is 2. The van der Waals surface area contributed by atoms with Gasteiger partial charge in [-0.25, -0.2) is 9.18 Å². The van der Waals surface area contributed by atoms with Crippen molar-refractivity contribution < 1.29 is 23.8 Å². The van der Waals surface area contributed by atoms with Crippen molar-refractivity contribution in [3.8, 4) is 34.0 Å². The number of hydrogen-bond acceptors (Lipinski definition) is 4. The molecule has 1 aliphatic heterocycles. The topological polar surface area (TPSA) is 60.7 Å². The molecule has 0 unspecified atom stereocenters. The van der Waals surface area contributed by atoms with Gasteiger partial charge in [0.1, 0.15) is 5.82 Å². The Morgan fingerprint density at radius 3 is 2.79 bits per heavy atom. The predicted molar refractivity (Wildman–Crippen MR) is 103 cm³/mol. The molecule has 0 aliphatic carbocycles. The van der Waals surface area contributed by atoms with Crippen molar-refractivity contribution in [2.45, 2.75) is 19.9 Å². The maximum Gasteiger partial charge on any atom is 0.340 e. The Hall–Kier alpha value is -3.28. The van der Waals surface area contributed by atoms with E-state index in [1.165, 1.54) is 19.2 Å². The van der Waals surface area contributed by atoms with Gasteiger partial charge >= 0.3 is 5.97 Å². The van der Waals surface area contributed by atoms with Crippen LogP contribution in [0, 0.1) is 5.82 Å². The van der Waals surface area contributed by atoms with Crippen molar-refractivity contribution in [2.24, 2.45) is 0 Å². The van der Waals surface area contributed by atoms with Crippen LogP contribution in [0.15, 0.2) is 42.5 Å². The van der Waals surface area contributed by atoms with E-state index in [0.29, 0.717) is 35.5 Å². The zero-order chi connectivity index (χ0) is 19.8. The Labute approximate surface area is 161 Å². The third kappa shape index (κ3) is 2.91. The minimum absolute atomic E-state index is 0.0808. The number of aromatic hydroxyl groups is 1. The lowest BCUT2D eigenvalue weighted by Crippen LogP contribution is -2.13. The van der Waals surface area contributed by atoms with Crippen LogP contribution in [0.1, 0.15) is 22.8 Å². The summed E-state index contributed by atoms with van der Waals surface area (Å²) in [7, 11) is 1.49. The Morgan fingerprint density at radius 2 is 2.07 bits per heavy atom. The summed E-state index contributed by atoms with van der Waals surface area (Å²) in [6.07, 6.45) is 0.666.